The molecule has 0 aliphatic carbocycles. The molecular formula is C15H28N2O3S. The predicted octanol–water partition coefficient (Wildman–Crippen LogP) is 1.76. The van der Waals surface area contributed by atoms with E-state index in [-0.39, 0.29) is 12.0 Å². The van der Waals surface area contributed by atoms with Gasteiger partial charge in [0.1, 0.15) is 0 Å². The van der Waals surface area contributed by atoms with E-state index < -0.39 is 10.2 Å². The summed E-state index contributed by atoms with van der Waals surface area (Å²) in [5, 5.41) is 9.84. The zero-order chi connectivity index (χ0) is 15.5. The number of hydrogen-bond donors (Lipinski definition) is 1. The second kappa shape index (κ2) is 6.77. The molecule has 1 N–H and O–H groups in total. The van der Waals surface area contributed by atoms with Crippen LogP contribution in [-0.2, 0) is 10.2 Å². The minimum Gasteiger partial charge on any atom is -0.396 e. The molecule has 0 saturated carbocycles. The van der Waals surface area contributed by atoms with Crippen molar-refractivity contribution in [2.75, 3.05) is 32.8 Å². The zero-order valence-electron chi connectivity index (χ0n) is 13.2. The minimum absolute atomic E-state index is 0.0444. The molecule has 2 aliphatic rings. The van der Waals surface area contributed by atoms with E-state index in [0.717, 1.165) is 32.1 Å². The van der Waals surface area contributed by atoms with Crippen LogP contribution in [0.1, 0.15) is 46.0 Å². The monoisotopic (exact) mass is 316 g/mol. The summed E-state index contributed by atoms with van der Waals surface area (Å²) in [4.78, 5) is 0. The Morgan fingerprint density at radius 1 is 1.14 bits per heavy atom. The van der Waals surface area contributed by atoms with Gasteiger partial charge in [-0.2, -0.15) is 17.0 Å². The zero-order valence-corrected chi connectivity index (χ0v) is 14.0. The highest BCUT2D eigenvalue weighted by molar-refractivity contribution is 7.86. The van der Waals surface area contributed by atoms with Gasteiger partial charge in [0.15, 0.2) is 0 Å². The molecule has 2 rings (SSSR count). The van der Waals surface area contributed by atoms with Gasteiger partial charge in [-0.05, 0) is 46.0 Å². The first kappa shape index (κ1) is 16.9. The molecule has 0 aromatic carbocycles. The molecular weight excluding hydrogens is 288 g/mol. The smallest absolute Gasteiger partial charge is 0.281 e. The predicted molar refractivity (Wildman–Crippen MR) is 84.1 cm³/mol. The van der Waals surface area contributed by atoms with Crippen molar-refractivity contribution in [3.05, 3.63) is 11.6 Å². The first-order chi connectivity index (χ1) is 9.89. The van der Waals surface area contributed by atoms with Crippen molar-refractivity contribution in [3.8, 4) is 0 Å². The molecule has 122 valence electrons. The van der Waals surface area contributed by atoms with E-state index in [4.69, 9.17) is 0 Å². The summed E-state index contributed by atoms with van der Waals surface area (Å²) >= 11 is 0. The van der Waals surface area contributed by atoms with Gasteiger partial charge in [-0.15, -0.1) is 0 Å². The van der Waals surface area contributed by atoms with Gasteiger partial charge in [-0.1, -0.05) is 11.6 Å². The Morgan fingerprint density at radius 3 is 2.33 bits per heavy atom. The van der Waals surface area contributed by atoms with Gasteiger partial charge >= 0.3 is 0 Å². The number of allylic oxidation sites excluding steroid dienone is 2. The molecule has 0 spiro atoms. The second-order valence-electron chi connectivity index (χ2n) is 6.69. The van der Waals surface area contributed by atoms with E-state index in [9.17, 15) is 13.5 Å². The fourth-order valence-corrected chi connectivity index (χ4v) is 5.07. The molecule has 21 heavy (non-hydrogen) atoms. The fraction of sp³-hybridized carbons (Fsp3) is 0.867. The van der Waals surface area contributed by atoms with Gasteiger partial charge in [0.2, 0.25) is 0 Å². The quantitative estimate of drug-likeness (QED) is 0.786. The second-order valence-corrected chi connectivity index (χ2v) is 8.62. The number of nitrogens with zero attached hydrogens (tertiary/aromatic N) is 2. The number of hydrogen-bond acceptors (Lipinski definition) is 3. The van der Waals surface area contributed by atoms with Crippen LogP contribution in [0.3, 0.4) is 0 Å². The van der Waals surface area contributed by atoms with Crippen LogP contribution in [0, 0.1) is 5.41 Å². The number of piperidine rings is 1. The average Bonchev–Trinajstić information content (AvgIpc) is 3.00. The molecule has 2 heterocycles. The van der Waals surface area contributed by atoms with Crippen molar-refractivity contribution in [3.63, 3.8) is 0 Å². The van der Waals surface area contributed by atoms with Crippen molar-refractivity contribution >= 4 is 10.2 Å². The average molecular weight is 316 g/mol. The highest BCUT2D eigenvalue weighted by Crippen LogP contribution is 2.36. The third-order valence-electron chi connectivity index (χ3n) is 4.62. The van der Waals surface area contributed by atoms with Gasteiger partial charge in [0.25, 0.3) is 10.2 Å². The molecule has 0 aromatic rings. The van der Waals surface area contributed by atoms with Gasteiger partial charge in [0.05, 0.1) is 6.61 Å². The van der Waals surface area contributed by atoms with Gasteiger partial charge < -0.3 is 5.11 Å². The van der Waals surface area contributed by atoms with Crippen LogP contribution in [0.15, 0.2) is 11.6 Å². The molecule has 2 saturated heterocycles. The van der Waals surface area contributed by atoms with E-state index in [1.165, 1.54) is 5.57 Å². The number of aliphatic hydroxyl groups excluding tert-OH is 1. The molecule has 5 nitrogen and oxygen atoms in total. The Morgan fingerprint density at radius 2 is 1.76 bits per heavy atom. The summed E-state index contributed by atoms with van der Waals surface area (Å²) in [6.45, 7) is 6.40. The Hall–Kier alpha value is -0.430. The standard InChI is InChI=1S/C15H28N2O3S/c1-14(2)6-8-15(13-18)7-5-11-17(12-15)21(19,20)16-9-3-4-10-16/h6,18H,3-5,7-13H2,1-2H3/t15-/m0/s1. The normalized spacial score (nSPS) is 28.7. The fourth-order valence-electron chi connectivity index (χ4n) is 3.22. The van der Waals surface area contributed by atoms with Gasteiger partial charge in [-0.3, -0.25) is 0 Å². The number of rotatable bonds is 5. The molecule has 2 aliphatic heterocycles. The molecule has 0 aromatic heterocycles. The van der Waals surface area contributed by atoms with E-state index in [0.29, 0.717) is 26.2 Å². The Bertz CT molecular complexity index is 479. The molecule has 2 fully saturated rings. The molecule has 0 bridgehead atoms. The summed E-state index contributed by atoms with van der Waals surface area (Å²) in [5.74, 6) is 0. The van der Waals surface area contributed by atoms with Crippen LogP contribution < -0.4 is 0 Å². The highest BCUT2D eigenvalue weighted by Gasteiger charge is 2.41. The Labute approximate surface area is 128 Å². The minimum atomic E-state index is -3.35. The van der Waals surface area contributed by atoms with Crippen LogP contribution in [-0.4, -0.2) is 54.9 Å². The molecule has 0 radical (unpaired) electrons. The van der Waals surface area contributed by atoms with E-state index in [1.807, 2.05) is 13.8 Å². The topological polar surface area (TPSA) is 60.9 Å². The first-order valence-electron chi connectivity index (χ1n) is 7.89. The molecule has 6 heteroatoms. The van der Waals surface area contributed by atoms with Crippen LogP contribution in [0.2, 0.25) is 0 Å². The van der Waals surface area contributed by atoms with E-state index >= 15 is 0 Å². The first-order valence-corrected chi connectivity index (χ1v) is 9.29. The Balaban J connectivity index is 2.13. The summed E-state index contributed by atoms with van der Waals surface area (Å²) in [5.41, 5.74) is 0.893. The maximum atomic E-state index is 12.7. The largest absolute Gasteiger partial charge is 0.396 e. The van der Waals surface area contributed by atoms with E-state index in [2.05, 4.69) is 6.08 Å². The van der Waals surface area contributed by atoms with Crippen LogP contribution >= 0.6 is 0 Å². The van der Waals surface area contributed by atoms with Crippen LogP contribution in [0.25, 0.3) is 0 Å². The van der Waals surface area contributed by atoms with Crippen molar-refractivity contribution in [1.29, 1.82) is 0 Å². The SMILES string of the molecule is CC(C)=CC[C@@]1(CO)CCCN(S(=O)(=O)N2CCCC2)C1. The van der Waals surface area contributed by atoms with Gasteiger partial charge in [-0.25, -0.2) is 0 Å². The summed E-state index contributed by atoms with van der Waals surface area (Å²) in [6, 6.07) is 0. The summed E-state index contributed by atoms with van der Waals surface area (Å²) in [6.07, 6.45) is 6.48. The van der Waals surface area contributed by atoms with E-state index in [1.54, 1.807) is 8.61 Å². The molecule has 1 atom stereocenters. The van der Waals surface area contributed by atoms with Crippen LogP contribution in [0.5, 0.6) is 0 Å². The lowest BCUT2D eigenvalue weighted by Crippen LogP contribution is -2.51. The lowest BCUT2D eigenvalue weighted by atomic mass is 9.78. The van der Waals surface area contributed by atoms with Crippen molar-refractivity contribution in [2.24, 2.45) is 5.41 Å². The number of aliphatic hydroxyl groups is 1. The lowest BCUT2D eigenvalue weighted by molar-refractivity contribution is 0.0646. The maximum absolute atomic E-state index is 12.7. The third-order valence-corrected chi connectivity index (χ3v) is 6.60. The van der Waals surface area contributed by atoms with Crippen LogP contribution in [0.4, 0.5) is 0 Å². The van der Waals surface area contributed by atoms with Gasteiger partial charge in [0, 0.05) is 31.6 Å². The van der Waals surface area contributed by atoms with Crippen molar-refractivity contribution in [2.45, 2.75) is 46.0 Å². The maximum Gasteiger partial charge on any atom is 0.281 e. The van der Waals surface area contributed by atoms with Crippen molar-refractivity contribution < 1.29 is 13.5 Å². The molecule has 0 amide bonds. The Kier molecular flexibility index (Phi) is 5.46. The summed E-state index contributed by atoms with van der Waals surface area (Å²) in [7, 11) is -3.35. The van der Waals surface area contributed by atoms with Crippen molar-refractivity contribution in [1.82, 2.24) is 8.61 Å². The summed E-state index contributed by atoms with van der Waals surface area (Å²) < 4.78 is 28.6. The molecule has 0 unspecified atom stereocenters. The lowest BCUT2D eigenvalue weighted by Gasteiger charge is -2.41. The third kappa shape index (κ3) is 3.86. The highest BCUT2D eigenvalue weighted by atomic mass is 32.2.